The predicted octanol–water partition coefficient (Wildman–Crippen LogP) is 6.08. The second-order valence-corrected chi connectivity index (χ2v) is 7.62. The molecule has 0 aromatic heterocycles. The van der Waals surface area contributed by atoms with Crippen molar-refractivity contribution in [3.63, 3.8) is 0 Å². The van der Waals surface area contributed by atoms with E-state index < -0.39 is 9.85 Å². The summed E-state index contributed by atoms with van der Waals surface area (Å²) in [6.07, 6.45) is 3.06. The Kier molecular flexibility index (Phi) is 6.78. The van der Waals surface area contributed by atoms with Crippen LogP contribution in [0, 0.1) is 20.2 Å². The third-order valence-electron chi connectivity index (χ3n) is 5.18. The van der Waals surface area contributed by atoms with Crippen molar-refractivity contribution in [2.75, 3.05) is 0 Å². The van der Waals surface area contributed by atoms with Crippen molar-refractivity contribution < 1.29 is 20.1 Å². The molecule has 0 heterocycles. The number of aromatic hydroxyl groups is 2. The van der Waals surface area contributed by atoms with Gasteiger partial charge in [0.15, 0.2) is 0 Å². The van der Waals surface area contributed by atoms with E-state index in [4.69, 9.17) is 0 Å². The Bertz CT molecular complexity index is 1380. The van der Waals surface area contributed by atoms with Gasteiger partial charge in [-0.25, -0.2) is 0 Å². The first-order valence-electron chi connectivity index (χ1n) is 10.5. The molecule has 0 saturated heterocycles. The Morgan fingerprint density at radius 3 is 1.28 bits per heavy atom. The quantitative estimate of drug-likeness (QED) is 0.185. The molecule has 0 fully saturated rings. The zero-order valence-corrected chi connectivity index (χ0v) is 18.6. The zero-order chi connectivity index (χ0) is 25.7. The van der Waals surface area contributed by atoms with Crippen LogP contribution in [0.4, 0.5) is 22.7 Å². The first-order valence-corrected chi connectivity index (χ1v) is 10.5. The number of benzene rings is 4. The molecule has 0 radical (unpaired) electrons. The normalized spacial score (nSPS) is 11.2. The molecule has 0 aliphatic rings. The maximum absolute atomic E-state index is 10.8. The summed E-state index contributed by atoms with van der Waals surface area (Å²) in [6, 6.07) is 21.1. The number of phenols is 2. The molecular formula is C26H18N4O6. The van der Waals surface area contributed by atoms with E-state index in [0.29, 0.717) is 33.6 Å². The van der Waals surface area contributed by atoms with Gasteiger partial charge in [-0.05, 0) is 71.8 Å². The highest BCUT2D eigenvalue weighted by Gasteiger charge is 2.11. The maximum Gasteiger partial charge on any atom is 0.269 e. The van der Waals surface area contributed by atoms with Gasteiger partial charge in [0, 0.05) is 47.8 Å². The van der Waals surface area contributed by atoms with Gasteiger partial charge in [-0.15, -0.1) is 0 Å². The topological polar surface area (TPSA) is 151 Å². The average molecular weight is 482 g/mol. The van der Waals surface area contributed by atoms with Crippen LogP contribution in [-0.4, -0.2) is 32.5 Å². The van der Waals surface area contributed by atoms with E-state index in [2.05, 4.69) is 9.98 Å². The summed E-state index contributed by atoms with van der Waals surface area (Å²) in [5.74, 6) is -0.146. The molecule has 2 N–H and O–H groups in total. The maximum atomic E-state index is 10.8. The molecule has 0 aliphatic carbocycles. The second kappa shape index (κ2) is 10.3. The summed E-state index contributed by atoms with van der Waals surface area (Å²) in [7, 11) is 0. The highest BCUT2D eigenvalue weighted by Crippen LogP contribution is 2.39. The number of rotatable bonds is 7. The van der Waals surface area contributed by atoms with Crippen molar-refractivity contribution >= 4 is 35.2 Å². The van der Waals surface area contributed by atoms with Crippen LogP contribution in [0.25, 0.3) is 11.1 Å². The Labute approximate surface area is 204 Å². The summed E-state index contributed by atoms with van der Waals surface area (Å²) < 4.78 is 0. The third-order valence-corrected chi connectivity index (χ3v) is 5.18. The van der Waals surface area contributed by atoms with Crippen LogP contribution in [0.15, 0.2) is 94.9 Å². The van der Waals surface area contributed by atoms with Crippen LogP contribution in [0.3, 0.4) is 0 Å². The Hall–Kier alpha value is -5.38. The van der Waals surface area contributed by atoms with Crippen molar-refractivity contribution in [2.24, 2.45) is 9.98 Å². The lowest BCUT2D eigenvalue weighted by Gasteiger charge is -2.09. The van der Waals surface area contributed by atoms with Crippen molar-refractivity contribution in [3.8, 4) is 22.6 Å². The minimum Gasteiger partial charge on any atom is -0.507 e. The number of nitro benzene ring substituents is 2. The second-order valence-electron chi connectivity index (χ2n) is 7.62. The van der Waals surface area contributed by atoms with Crippen molar-refractivity contribution in [1.82, 2.24) is 0 Å². The molecule has 0 unspecified atom stereocenters. The Balaban J connectivity index is 1.59. The monoisotopic (exact) mass is 482 g/mol. The lowest BCUT2D eigenvalue weighted by Crippen LogP contribution is -1.88. The largest absolute Gasteiger partial charge is 0.507 e. The van der Waals surface area contributed by atoms with E-state index >= 15 is 0 Å². The SMILES string of the molecule is O=[N+]([O-])c1ccc(C=Nc2ccc(O)c(-c3cc(N=Cc4ccc([N+](=O)[O-])cc4)ccc3O)c2)cc1. The number of nitro groups is 2. The molecule has 10 heteroatoms. The van der Waals surface area contributed by atoms with E-state index in [1.165, 1.54) is 48.8 Å². The lowest BCUT2D eigenvalue weighted by molar-refractivity contribution is -0.385. The number of hydrogen-bond acceptors (Lipinski definition) is 8. The number of non-ortho nitro benzene ring substituents is 2. The molecule has 0 atom stereocenters. The molecule has 0 amide bonds. The van der Waals surface area contributed by atoms with Crippen molar-refractivity contribution in [1.29, 1.82) is 0 Å². The highest BCUT2D eigenvalue weighted by molar-refractivity contribution is 5.86. The number of phenolic OH excluding ortho intramolecular Hbond substituents is 2. The molecule has 10 nitrogen and oxygen atoms in total. The molecule has 0 saturated carbocycles. The first-order chi connectivity index (χ1) is 17.3. The van der Waals surface area contributed by atoms with Gasteiger partial charge in [0.25, 0.3) is 11.4 Å². The minimum absolute atomic E-state index is 0.0225. The van der Waals surface area contributed by atoms with Crippen molar-refractivity contribution in [3.05, 3.63) is 116 Å². The van der Waals surface area contributed by atoms with Gasteiger partial charge in [-0.3, -0.25) is 30.2 Å². The summed E-state index contributed by atoms with van der Waals surface area (Å²) in [5.41, 5.74) is 2.90. The van der Waals surface area contributed by atoms with Gasteiger partial charge in [0.1, 0.15) is 11.5 Å². The Morgan fingerprint density at radius 2 is 0.944 bits per heavy atom. The molecule has 4 aromatic carbocycles. The van der Waals surface area contributed by atoms with Crippen LogP contribution in [-0.2, 0) is 0 Å². The molecular weight excluding hydrogens is 464 g/mol. The first kappa shape index (κ1) is 23.8. The van der Waals surface area contributed by atoms with Gasteiger partial charge >= 0.3 is 0 Å². The number of hydrogen-bond donors (Lipinski definition) is 2. The summed E-state index contributed by atoms with van der Waals surface area (Å²) in [5, 5.41) is 42.4. The molecule has 0 bridgehead atoms. The molecule has 0 aliphatic heterocycles. The standard InChI is InChI=1S/C26H18N4O6/c31-25-11-5-19(27-15-17-1-7-21(8-2-17)29(33)34)13-23(25)24-14-20(6-12-26(24)32)28-16-18-3-9-22(10-4-18)30(35)36/h1-16,31-32H. The smallest absolute Gasteiger partial charge is 0.269 e. The van der Waals surface area contributed by atoms with Gasteiger partial charge in [-0.2, -0.15) is 0 Å². The molecule has 36 heavy (non-hydrogen) atoms. The predicted molar refractivity (Wildman–Crippen MR) is 136 cm³/mol. The third kappa shape index (κ3) is 5.57. The van der Waals surface area contributed by atoms with Crippen LogP contribution in [0.1, 0.15) is 11.1 Å². The fourth-order valence-electron chi connectivity index (χ4n) is 3.30. The molecule has 0 spiro atoms. The number of nitrogens with zero attached hydrogens (tertiary/aromatic N) is 4. The van der Waals surface area contributed by atoms with Crippen LogP contribution < -0.4 is 0 Å². The van der Waals surface area contributed by atoms with E-state index in [1.807, 2.05) is 0 Å². The Morgan fingerprint density at radius 1 is 0.583 bits per heavy atom. The van der Waals surface area contributed by atoms with E-state index in [9.17, 15) is 30.4 Å². The van der Waals surface area contributed by atoms with Gasteiger partial charge in [0.05, 0.1) is 21.2 Å². The minimum atomic E-state index is -0.482. The average Bonchev–Trinajstić information content (AvgIpc) is 2.88. The lowest BCUT2D eigenvalue weighted by atomic mass is 10.0. The van der Waals surface area contributed by atoms with Gasteiger partial charge < -0.3 is 10.2 Å². The van der Waals surface area contributed by atoms with Gasteiger partial charge in [-0.1, -0.05) is 0 Å². The molecule has 178 valence electrons. The molecule has 4 rings (SSSR count). The van der Waals surface area contributed by atoms with E-state index in [-0.39, 0.29) is 22.9 Å². The van der Waals surface area contributed by atoms with E-state index in [0.717, 1.165) is 0 Å². The van der Waals surface area contributed by atoms with Crippen LogP contribution in [0.5, 0.6) is 11.5 Å². The number of aliphatic imine (C=N–C) groups is 2. The fraction of sp³-hybridized carbons (Fsp3) is 0. The highest BCUT2D eigenvalue weighted by atomic mass is 16.6. The summed E-state index contributed by atoms with van der Waals surface area (Å²) in [6.45, 7) is 0. The van der Waals surface area contributed by atoms with Crippen LogP contribution in [0.2, 0.25) is 0 Å². The van der Waals surface area contributed by atoms with Gasteiger partial charge in [0.2, 0.25) is 0 Å². The zero-order valence-electron chi connectivity index (χ0n) is 18.6. The van der Waals surface area contributed by atoms with E-state index in [1.54, 1.807) is 48.5 Å². The summed E-state index contributed by atoms with van der Waals surface area (Å²) in [4.78, 5) is 29.3. The molecule has 4 aromatic rings. The summed E-state index contributed by atoms with van der Waals surface area (Å²) >= 11 is 0. The van der Waals surface area contributed by atoms with Crippen molar-refractivity contribution in [2.45, 2.75) is 0 Å². The fourth-order valence-corrected chi connectivity index (χ4v) is 3.30. The van der Waals surface area contributed by atoms with Crippen LogP contribution >= 0.6 is 0 Å².